The Labute approximate surface area is 164 Å². The van der Waals surface area contributed by atoms with E-state index < -0.39 is 0 Å². The summed E-state index contributed by atoms with van der Waals surface area (Å²) in [6.45, 7) is 1.31. The molecule has 2 aromatic heterocycles. The molecular weight excluding hydrogens is 390 g/mol. The van der Waals surface area contributed by atoms with Crippen LogP contribution >= 0.6 is 22.9 Å². The topological polar surface area (TPSA) is 86.5 Å². The molecule has 0 radical (unpaired) electrons. The van der Waals surface area contributed by atoms with Crippen LogP contribution in [-0.4, -0.2) is 29.3 Å². The molecule has 4 rings (SSSR count). The third kappa shape index (κ3) is 4.23. The second-order valence-electron chi connectivity index (χ2n) is 5.89. The van der Waals surface area contributed by atoms with E-state index in [1.54, 1.807) is 17.4 Å². The average molecular weight is 406 g/mol. The van der Waals surface area contributed by atoms with Gasteiger partial charge in [0.15, 0.2) is 11.5 Å². The van der Waals surface area contributed by atoms with Crippen molar-refractivity contribution in [3.05, 3.63) is 45.4 Å². The van der Waals surface area contributed by atoms with Crippen molar-refractivity contribution in [1.29, 1.82) is 0 Å². The summed E-state index contributed by atoms with van der Waals surface area (Å²) in [4.78, 5) is 12.1. The van der Waals surface area contributed by atoms with E-state index in [1.165, 1.54) is 0 Å². The number of fused-ring (bicyclic) bond motifs is 1. The van der Waals surface area contributed by atoms with Crippen LogP contribution in [0, 0.1) is 0 Å². The van der Waals surface area contributed by atoms with Crippen LogP contribution in [0.2, 0.25) is 5.02 Å². The number of nitrogens with zero attached hydrogens (tertiary/aromatic N) is 2. The first kappa shape index (κ1) is 17.8. The fourth-order valence-corrected chi connectivity index (χ4v) is 3.55. The van der Waals surface area contributed by atoms with Crippen LogP contribution in [-0.2, 0) is 17.8 Å². The molecule has 3 heterocycles. The van der Waals surface area contributed by atoms with Gasteiger partial charge < -0.3 is 19.2 Å². The summed E-state index contributed by atoms with van der Waals surface area (Å²) in [7, 11) is 0. The first-order valence-corrected chi connectivity index (χ1v) is 9.71. The molecule has 1 aromatic carbocycles. The summed E-state index contributed by atoms with van der Waals surface area (Å²) in [5.74, 6) is 1.95. The molecule has 0 spiro atoms. The van der Waals surface area contributed by atoms with Crippen molar-refractivity contribution >= 4 is 28.8 Å². The summed E-state index contributed by atoms with van der Waals surface area (Å²) in [6, 6.07) is 5.50. The van der Waals surface area contributed by atoms with Crippen molar-refractivity contribution < 1.29 is 18.7 Å². The SMILES string of the molecule is O=C(CCc1nnc(-c2ccsc2)o1)NCc1cc(Cl)c2c(c1)OCCO2. The van der Waals surface area contributed by atoms with E-state index in [1.807, 2.05) is 22.9 Å². The number of aromatic nitrogens is 2. The van der Waals surface area contributed by atoms with Crippen LogP contribution in [0.1, 0.15) is 17.9 Å². The molecule has 9 heteroatoms. The van der Waals surface area contributed by atoms with Gasteiger partial charge in [0.1, 0.15) is 13.2 Å². The van der Waals surface area contributed by atoms with E-state index in [4.69, 9.17) is 25.5 Å². The van der Waals surface area contributed by atoms with Crippen LogP contribution in [0.5, 0.6) is 11.5 Å². The number of hydrogen-bond acceptors (Lipinski definition) is 7. The maximum absolute atomic E-state index is 12.1. The van der Waals surface area contributed by atoms with E-state index in [0.29, 0.717) is 54.5 Å². The van der Waals surface area contributed by atoms with Crippen LogP contribution < -0.4 is 14.8 Å². The van der Waals surface area contributed by atoms with E-state index in [-0.39, 0.29) is 12.3 Å². The average Bonchev–Trinajstić information content (AvgIpc) is 3.36. The highest BCUT2D eigenvalue weighted by molar-refractivity contribution is 7.08. The molecule has 1 aliphatic rings. The van der Waals surface area contributed by atoms with Gasteiger partial charge in [-0.3, -0.25) is 4.79 Å². The van der Waals surface area contributed by atoms with Gasteiger partial charge in [-0.25, -0.2) is 0 Å². The number of thiophene rings is 1. The van der Waals surface area contributed by atoms with Gasteiger partial charge in [0.05, 0.1) is 5.02 Å². The van der Waals surface area contributed by atoms with Crippen LogP contribution in [0.25, 0.3) is 11.5 Å². The fourth-order valence-electron chi connectivity index (χ4n) is 2.63. The monoisotopic (exact) mass is 405 g/mol. The maximum atomic E-state index is 12.1. The highest BCUT2D eigenvalue weighted by atomic mass is 35.5. The Morgan fingerprint density at radius 1 is 1.26 bits per heavy atom. The molecule has 7 nitrogen and oxygen atoms in total. The molecule has 0 saturated heterocycles. The number of amides is 1. The lowest BCUT2D eigenvalue weighted by Gasteiger charge is -2.20. The summed E-state index contributed by atoms with van der Waals surface area (Å²) < 4.78 is 16.6. The predicted molar refractivity (Wildman–Crippen MR) is 100 cm³/mol. The smallest absolute Gasteiger partial charge is 0.248 e. The minimum Gasteiger partial charge on any atom is -0.486 e. The van der Waals surface area contributed by atoms with Gasteiger partial charge in [0.25, 0.3) is 0 Å². The van der Waals surface area contributed by atoms with Crippen molar-refractivity contribution in [3.63, 3.8) is 0 Å². The molecule has 0 aliphatic carbocycles. The van der Waals surface area contributed by atoms with Crippen molar-refractivity contribution in [1.82, 2.24) is 15.5 Å². The minimum atomic E-state index is -0.115. The van der Waals surface area contributed by atoms with Crippen molar-refractivity contribution in [2.75, 3.05) is 13.2 Å². The number of rotatable bonds is 6. The minimum absolute atomic E-state index is 0.115. The van der Waals surface area contributed by atoms with Gasteiger partial charge in [-0.05, 0) is 29.1 Å². The summed E-state index contributed by atoms with van der Waals surface area (Å²) in [6.07, 6.45) is 0.633. The van der Waals surface area contributed by atoms with Gasteiger partial charge in [0.2, 0.25) is 17.7 Å². The number of nitrogens with one attached hydrogen (secondary N) is 1. The molecule has 1 amide bonds. The van der Waals surface area contributed by atoms with Crippen LogP contribution in [0.4, 0.5) is 0 Å². The maximum Gasteiger partial charge on any atom is 0.248 e. The zero-order valence-corrected chi connectivity index (χ0v) is 15.8. The summed E-state index contributed by atoms with van der Waals surface area (Å²) in [5, 5.41) is 15.2. The van der Waals surface area contributed by atoms with Gasteiger partial charge in [-0.15, -0.1) is 10.2 Å². The quantitative estimate of drug-likeness (QED) is 0.675. The lowest BCUT2D eigenvalue weighted by molar-refractivity contribution is -0.121. The Balaban J connectivity index is 1.29. The largest absolute Gasteiger partial charge is 0.486 e. The zero-order valence-electron chi connectivity index (χ0n) is 14.2. The predicted octanol–water partition coefficient (Wildman–Crippen LogP) is 3.47. The number of ether oxygens (including phenoxy) is 2. The fraction of sp³-hybridized carbons (Fsp3) is 0.278. The Morgan fingerprint density at radius 3 is 3.00 bits per heavy atom. The first-order chi connectivity index (χ1) is 13.2. The number of halogens is 1. The van der Waals surface area contributed by atoms with E-state index in [9.17, 15) is 4.79 Å². The van der Waals surface area contributed by atoms with Gasteiger partial charge in [-0.2, -0.15) is 11.3 Å². The van der Waals surface area contributed by atoms with E-state index >= 15 is 0 Å². The molecule has 1 aliphatic heterocycles. The second kappa shape index (κ2) is 7.98. The summed E-state index contributed by atoms with van der Waals surface area (Å²) in [5.41, 5.74) is 1.73. The highest BCUT2D eigenvalue weighted by Crippen LogP contribution is 2.38. The van der Waals surface area contributed by atoms with Crippen molar-refractivity contribution in [3.8, 4) is 23.0 Å². The lowest BCUT2D eigenvalue weighted by Crippen LogP contribution is -2.23. The molecule has 3 aromatic rings. The molecular formula is C18H16ClN3O4S. The lowest BCUT2D eigenvalue weighted by atomic mass is 10.2. The molecule has 140 valence electrons. The van der Waals surface area contributed by atoms with Crippen LogP contribution in [0.15, 0.2) is 33.4 Å². The molecule has 0 unspecified atom stereocenters. The van der Waals surface area contributed by atoms with Gasteiger partial charge in [-0.1, -0.05) is 11.6 Å². The number of carbonyl (C=O) groups excluding carboxylic acids is 1. The number of carbonyl (C=O) groups is 1. The van der Waals surface area contributed by atoms with E-state index in [0.717, 1.165) is 11.1 Å². The highest BCUT2D eigenvalue weighted by Gasteiger charge is 2.17. The Bertz CT molecular complexity index is 942. The van der Waals surface area contributed by atoms with Gasteiger partial charge in [0, 0.05) is 30.3 Å². The molecule has 0 fully saturated rings. The van der Waals surface area contributed by atoms with Crippen LogP contribution in [0.3, 0.4) is 0 Å². The zero-order chi connectivity index (χ0) is 18.6. The van der Waals surface area contributed by atoms with Gasteiger partial charge >= 0.3 is 0 Å². The number of aryl methyl sites for hydroxylation is 1. The Hall–Kier alpha value is -2.58. The molecule has 1 N–H and O–H groups in total. The van der Waals surface area contributed by atoms with Crippen molar-refractivity contribution in [2.45, 2.75) is 19.4 Å². The number of benzene rings is 1. The Morgan fingerprint density at radius 2 is 2.15 bits per heavy atom. The van der Waals surface area contributed by atoms with Crippen molar-refractivity contribution in [2.24, 2.45) is 0 Å². The number of hydrogen-bond donors (Lipinski definition) is 1. The normalized spacial score (nSPS) is 12.8. The molecule has 0 atom stereocenters. The second-order valence-corrected chi connectivity index (χ2v) is 7.08. The molecule has 27 heavy (non-hydrogen) atoms. The van der Waals surface area contributed by atoms with E-state index in [2.05, 4.69) is 15.5 Å². The third-order valence-corrected chi connectivity index (χ3v) is 4.91. The standard InChI is InChI=1S/C18H16ClN3O4S/c19-13-7-11(8-14-17(13)25-5-4-24-14)9-20-15(23)1-2-16-21-22-18(26-16)12-3-6-27-10-12/h3,6-8,10H,1-2,4-5,9H2,(H,20,23). The summed E-state index contributed by atoms with van der Waals surface area (Å²) >= 11 is 7.76. The third-order valence-electron chi connectivity index (χ3n) is 3.95. The first-order valence-electron chi connectivity index (χ1n) is 8.39. The molecule has 0 bridgehead atoms. The molecule has 0 saturated carbocycles. The Kier molecular flexibility index (Phi) is 5.26.